The molecule has 1 saturated carbocycles. The number of unbranched alkanes of at least 4 members (excludes halogenated alkanes) is 15. The number of ketones is 1. The summed E-state index contributed by atoms with van der Waals surface area (Å²) in [5.74, 6) is -1.29. The number of Topliss-reactive ketones (excluding diaryl/α,β-unsaturated/α-hetero) is 1. The first-order chi connectivity index (χ1) is 21.2. The normalized spacial score (nSPS) is 17.0. The Morgan fingerprint density at radius 3 is 1.57 bits per heavy atom. The molecule has 0 spiro atoms. The number of esters is 1. The van der Waals surface area contributed by atoms with Crippen LogP contribution in [0.3, 0.4) is 0 Å². The molecule has 0 radical (unpaired) electrons. The molecule has 3 N–H and O–H groups in total. The van der Waals surface area contributed by atoms with E-state index in [4.69, 9.17) is 0 Å². The molecule has 0 bridgehead atoms. The lowest BCUT2D eigenvalue weighted by molar-refractivity contribution is -0.143. The number of ether oxygens (including phenoxy) is 1. The minimum atomic E-state index is -1.11. The largest absolute Gasteiger partial charge is 0.480 e. The van der Waals surface area contributed by atoms with Gasteiger partial charge in [0.15, 0.2) is 0 Å². The van der Waals surface area contributed by atoms with Gasteiger partial charge in [0.1, 0.15) is 11.8 Å². The summed E-state index contributed by atoms with van der Waals surface area (Å²) in [6.45, 7) is 2.05. The molecule has 1 aliphatic rings. The number of aliphatic carboxylic acids is 1. The first-order valence-corrected chi connectivity index (χ1v) is 17.6. The van der Waals surface area contributed by atoms with Crippen molar-refractivity contribution < 1.29 is 33.8 Å². The van der Waals surface area contributed by atoms with Crippen molar-refractivity contribution in [3.63, 3.8) is 0 Å². The van der Waals surface area contributed by atoms with Gasteiger partial charge >= 0.3 is 11.9 Å². The lowest BCUT2D eigenvalue weighted by atomic mass is 9.81. The van der Waals surface area contributed by atoms with E-state index in [9.17, 15) is 29.1 Å². The second-order valence-corrected chi connectivity index (χ2v) is 12.9. The van der Waals surface area contributed by atoms with Crippen molar-refractivity contribution in [3.8, 4) is 0 Å². The predicted molar refractivity (Wildman–Crippen MR) is 173 cm³/mol. The Morgan fingerprint density at radius 2 is 1.14 bits per heavy atom. The number of carbonyl (C=O) groups is 5. The van der Waals surface area contributed by atoms with Gasteiger partial charge in [-0.25, -0.2) is 4.79 Å². The third-order valence-corrected chi connectivity index (χ3v) is 8.97. The van der Waals surface area contributed by atoms with Gasteiger partial charge in [0.25, 0.3) is 0 Å². The number of carboxylic acids is 1. The summed E-state index contributed by atoms with van der Waals surface area (Å²) in [4.78, 5) is 58.5. The highest BCUT2D eigenvalue weighted by Crippen LogP contribution is 2.29. The van der Waals surface area contributed by atoms with Crippen LogP contribution in [0.2, 0.25) is 0 Å². The molecule has 0 aromatic heterocycles. The van der Waals surface area contributed by atoms with Gasteiger partial charge in [-0.3, -0.25) is 14.4 Å². The summed E-state index contributed by atoms with van der Waals surface area (Å²) in [5.41, 5.74) is 0. The van der Waals surface area contributed by atoms with Gasteiger partial charge in [-0.05, 0) is 57.8 Å². The topological polar surface area (TPSA) is 139 Å². The van der Waals surface area contributed by atoms with Crippen LogP contribution in [0.5, 0.6) is 0 Å². The molecule has 1 rings (SSSR count). The first kappa shape index (κ1) is 39.6. The van der Waals surface area contributed by atoms with Crippen molar-refractivity contribution in [1.82, 2.24) is 10.6 Å². The third-order valence-electron chi connectivity index (χ3n) is 8.97. The Balaban J connectivity index is 1.92. The Bertz CT molecular complexity index is 824. The lowest BCUT2D eigenvalue weighted by Gasteiger charge is -2.28. The second-order valence-electron chi connectivity index (χ2n) is 12.9. The minimum absolute atomic E-state index is 0.0917. The van der Waals surface area contributed by atoms with Crippen LogP contribution in [0.15, 0.2) is 0 Å². The van der Waals surface area contributed by atoms with Gasteiger partial charge < -0.3 is 25.3 Å². The number of rotatable bonds is 27. The second kappa shape index (κ2) is 25.8. The van der Waals surface area contributed by atoms with Gasteiger partial charge in [-0.2, -0.15) is 0 Å². The van der Waals surface area contributed by atoms with Crippen molar-refractivity contribution >= 4 is 29.5 Å². The molecule has 9 heteroatoms. The molecule has 0 aromatic rings. The molecular formula is C35H62N2O7. The molecule has 1 fully saturated rings. The summed E-state index contributed by atoms with van der Waals surface area (Å²) in [7, 11) is 1.45. The standard InChI is InChI=1S/C35H62N2O7/c1-28(38)21-26-31(35(42)43)37-34(41)30-24-22-29(23-25-30)27-36-32(39)19-17-15-13-11-9-7-5-3-4-6-8-10-12-14-16-18-20-33(40)44-2/h29-31H,3-27H2,1-2H3,(H,36,39)(H,37,41)(H,42,43)/t29?,30?,31-/m0/s1. The highest BCUT2D eigenvalue weighted by molar-refractivity contribution is 5.85. The van der Waals surface area contributed by atoms with Crippen LogP contribution in [0.4, 0.5) is 0 Å². The maximum absolute atomic E-state index is 12.5. The molecule has 0 aliphatic heterocycles. The van der Waals surface area contributed by atoms with Crippen LogP contribution < -0.4 is 10.6 Å². The average molecular weight is 623 g/mol. The molecule has 44 heavy (non-hydrogen) atoms. The number of carboxylic acid groups (broad SMARTS) is 1. The highest BCUT2D eigenvalue weighted by atomic mass is 16.5. The monoisotopic (exact) mass is 622 g/mol. The number of nitrogens with one attached hydrogen (secondary N) is 2. The molecule has 0 saturated heterocycles. The fraction of sp³-hybridized carbons (Fsp3) is 0.857. The van der Waals surface area contributed by atoms with Crippen LogP contribution in [-0.2, 0) is 28.7 Å². The van der Waals surface area contributed by atoms with Crippen molar-refractivity contribution in [2.45, 2.75) is 167 Å². The summed E-state index contributed by atoms with van der Waals surface area (Å²) < 4.78 is 4.66. The number of carbonyl (C=O) groups excluding carboxylic acids is 4. The van der Waals surface area contributed by atoms with Crippen molar-refractivity contribution in [1.29, 1.82) is 0 Å². The molecule has 0 unspecified atom stereocenters. The van der Waals surface area contributed by atoms with E-state index in [1.165, 1.54) is 91.1 Å². The van der Waals surface area contributed by atoms with E-state index in [0.717, 1.165) is 38.5 Å². The maximum Gasteiger partial charge on any atom is 0.326 e. The van der Waals surface area contributed by atoms with Gasteiger partial charge in [0.05, 0.1) is 7.11 Å². The van der Waals surface area contributed by atoms with E-state index in [1.807, 2.05) is 0 Å². The van der Waals surface area contributed by atoms with Crippen molar-refractivity contribution in [3.05, 3.63) is 0 Å². The summed E-state index contributed by atoms with van der Waals surface area (Å²) in [5, 5.41) is 15.0. The highest BCUT2D eigenvalue weighted by Gasteiger charge is 2.29. The lowest BCUT2D eigenvalue weighted by Crippen LogP contribution is -2.44. The van der Waals surface area contributed by atoms with Gasteiger partial charge in [0, 0.05) is 31.7 Å². The molecule has 9 nitrogen and oxygen atoms in total. The molecule has 0 aromatic carbocycles. The van der Waals surface area contributed by atoms with E-state index in [2.05, 4.69) is 15.4 Å². The summed E-state index contributed by atoms with van der Waals surface area (Å²) in [6, 6.07) is -1.02. The van der Waals surface area contributed by atoms with E-state index >= 15 is 0 Å². The number of amides is 2. The van der Waals surface area contributed by atoms with Crippen LogP contribution >= 0.6 is 0 Å². The third kappa shape index (κ3) is 21.3. The van der Waals surface area contributed by atoms with Gasteiger partial charge in [0.2, 0.25) is 11.8 Å². The summed E-state index contributed by atoms with van der Waals surface area (Å²) in [6.07, 6.45) is 24.0. The maximum atomic E-state index is 12.5. The summed E-state index contributed by atoms with van der Waals surface area (Å²) >= 11 is 0. The Morgan fingerprint density at radius 1 is 0.682 bits per heavy atom. The zero-order valence-electron chi connectivity index (χ0n) is 27.8. The fourth-order valence-electron chi connectivity index (χ4n) is 6.00. The molecule has 2 amide bonds. The number of methoxy groups -OCH3 is 1. The van der Waals surface area contributed by atoms with Crippen molar-refractivity contribution in [2.75, 3.05) is 13.7 Å². The Kier molecular flexibility index (Phi) is 23.2. The predicted octanol–water partition coefficient (Wildman–Crippen LogP) is 7.04. The van der Waals surface area contributed by atoms with E-state index in [-0.39, 0.29) is 42.3 Å². The van der Waals surface area contributed by atoms with Gasteiger partial charge in [-0.1, -0.05) is 89.9 Å². The van der Waals surface area contributed by atoms with Crippen LogP contribution in [-0.4, -0.2) is 54.3 Å². The molecule has 1 aliphatic carbocycles. The SMILES string of the molecule is COC(=O)CCCCCCCCCCCCCCCCCCC(=O)NCC1CCC(C(=O)N[C@@H](CCC(C)=O)C(=O)O)CC1. The minimum Gasteiger partial charge on any atom is -0.480 e. The Labute approximate surface area is 266 Å². The number of hydrogen-bond acceptors (Lipinski definition) is 6. The quantitative estimate of drug-likeness (QED) is 0.0659. The van der Waals surface area contributed by atoms with E-state index in [1.54, 1.807) is 0 Å². The zero-order chi connectivity index (χ0) is 32.4. The molecule has 0 heterocycles. The van der Waals surface area contributed by atoms with Gasteiger partial charge in [-0.15, -0.1) is 0 Å². The number of hydrogen-bond donors (Lipinski definition) is 3. The zero-order valence-corrected chi connectivity index (χ0v) is 27.8. The first-order valence-electron chi connectivity index (χ1n) is 17.6. The molecule has 1 atom stereocenters. The fourth-order valence-corrected chi connectivity index (χ4v) is 6.00. The van der Waals surface area contributed by atoms with Crippen molar-refractivity contribution in [2.24, 2.45) is 11.8 Å². The van der Waals surface area contributed by atoms with E-state index < -0.39 is 12.0 Å². The Hall–Kier alpha value is -2.45. The van der Waals surface area contributed by atoms with Crippen LogP contribution in [0.25, 0.3) is 0 Å². The van der Waals surface area contributed by atoms with Crippen LogP contribution in [0, 0.1) is 11.8 Å². The van der Waals surface area contributed by atoms with Crippen LogP contribution in [0.1, 0.15) is 161 Å². The van der Waals surface area contributed by atoms with E-state index in [0.29, 0.717) is 38.1 Å². The molecule has 254 valence electrons. The average Bonchev–Trinajstić information content (AvgIpc) is 3.01. The smallest absolute Gasteiger partial charge is 0.326 e. The molecular weight excluding hydrogens is 560 g/mol.